The van der Waals surface area contributed by atoms with Crippen LogP contribution in [0.1, 0.15) is 65.7 Å². The lowest BCUT2D eigenvalue weighted by Gasteiger charge is -2.37. The summed E-state index contributed by atoms with van der Waals surface area (Å²) >= 11 is 0. The topological polar surface area (TPSA) is 69.7 Å². The van der Waals surface area contributed by atoms with Crippen molar-refractivity contribution in [1.82, 2.24) is 0 Å². The number of hydrogen-bond donors (Lipinski definition) is 0. The van der Waals surface area contributed by atoms with E-state index in [0.29, 0.717) is 5.92 Å². The normalized spacial score (nSPS) is 43.7. The van der Waals surface area contributed by atoms with Crippen LogP contribution in [0.4, 0.5) is 0 Å². The largest absolute Gasteiger partial charge is 0.459 e. The van der Waals surface area contributed by atoms with Crippen molar-refractivity contribution in [3.8, 4) is 0 Å². The van der Waals surface area contributed by atoms with Crippen LogP contribution in [0.2, 0.25) is 0 Å². The van der Waals surface area contributed by atoms with E-state index in [-0.39, 0.29) is 53.0 Å². The first-order valence-electron chi connectivity index (χ1n) is 10.4. The van der Waals surface area contributed by atoms with Gasteiger partial charge in [0, 0.05) is 0 Å². The highest BCUT2D eigenvalue weighted by molar-refractivity contribution is 5.96. The van der Waals surface area contributed by atoms with E-state index in [1.54, 1.807) is 6.92 Å². The summed E-state index contributed by atoms with van der Waals surface area (Å²) in [6, 6.07) is 0. The summed E-state index contributed by atoms with van der Waals surface area (Å²) in [4.78, 5) is 36.9. The van der Waals surface area contributed by atoms with Crippen LogP contribution >= 0.6 is 0 Å². The van der Waals surface area contributed by atoms with Gasteiger partial charge in [-0.15, -0.1) is 0 Å². The molecule has 0 aromatic carbocycles. The van der Waals surface area contributed by atoms with Gasteiger partial charge in [0.15, 0.2) is 0 Å². The first-order chi connectivity index (χ1) is 12.4. The SMILES string of the molecule is CCC1(OC(=O)C2CC3CC2C(C)C3C2C(=O)OC(=O)C2C)CCCC1. The number of rotatable bonds is 4. The van der Waals surface area contributed by atoms with Crippen molar-refractivity contribution >= 4 is 17.9 Å². The fraction of sp³-hybridized carbons (Fsp3) is 0.857. The van der Waals surface area contributed by atoms with Gasteiger partial charge in [0.1, 0.15) is 5.60 Å². The first kappa shape index (κ1) is 18.0. The van der Waals surface area contributed by atoms with E-state index in [4.69, 9.17) is 9.47 Å². The van der Waals surface area contributed by atoms with Crippen molar-refractivity contribution in [2.24, 2.45) is 41.4 Å². The molecule has 26 heavy (non-hydrogen) atoms. The second-order valence-electron chi connectivity index (χ2n) is 9.16. The number of esters is 3. The second-order valence-corrected chi connectivity index (χ2v) is 9.16. The van der Waals surface area contributed by atoms with Crippen LogP contribution in [0, 0.1) is 41.4 Å². The highest BCUT2D eigenvalue weighted by Crippen LogP contribution is 2.59. The molecule has 4 aliphatic rings. The van der Waals surface area contributed by atoms with E-state index in [2.05, 4.69) is 13.8 Å². The summed E-state index contributed by atoms with van der Waals surface area (Å²) in [7, 11) is 0. The molecule has 4 rings (SSSR count). The van der Waals surface area contributed by atoms with Gasteiger partial charge in [-0.25, -0.2) is 0 Å². The number of fused-ring (bicyclic) bond motifs is 2. The monoisotopic (exact) mass is 362 g/mol. The maximum absolute atomic E-state index is 12.9. The lowest BCUT2D eigenvalue weighted by atomic mass is 9.67. The van der Waals surface area contributed by atoms with Gasteiger partial charge >= 0.3 is 17.9 Å². The van der Waals surface area contributed by atoms with Crippen molar-refractivity contribution in [1.29, 1.82) is 0 Å². The number of hydrogen-bond acceptors (Lipinski definition) is 5. The number of ether oxygens (including phenoxy) is 2. The predicted octanol–water partition coefficient (Wildman–Crippen LogP) is 3.50. The van der Waals surface area contributed by atoms with Crippen LogP contribution in [0.3, 0.4) is 0 Å². The molecule has 0 N–H and O–H groups in total. The number of carbonyl (C=O) groups is 3. The van der Waals surface area contributed by atoms with Gasteiger partial charge in [-0.3, -0.25) is 14.4 Å². The molecule has 7 unspecified atom stereocenters. The minimum atomic E-state index is -0.392. The smallest absolute Gasteiger partial charge is 0.317 e. The Morgan fingerprint density at radius 2 is 1.85 bits per heavy atom. The van der Waals surface area contributed by atoms with Crippen LogP contribution in [0.5, 0.6) is 0 Å². The Morgan fingerprint density at radius 3 is 2.38 bits per heavy atom. The molecule has 4 fully saturated rings. The minimum absolute atomic E-state index is 0.0235. The number of carbonyl (C=O) groups excluding carboxylic acids is 3. The Labute approximate surface area is 155 Å². The molecule has 3 saturated carbocycles. The molecular weight excluding hydrogens is 332 g/mol. The zero-order valence-corrected chi connectivity index (χ0v) is 16.0. The van der Waals surface area contributed by atoms with E-state index < -0.39 is 5.97 Å². The Morgan fingerprint density at radius 1 is 1.15 bits per heavy atom. The Balaban J connectivity index is 1.46. The predicted molar refractivity (Wildman–Crippen MR) is 93.7 cm³/mol. The van der Waals surface area contributed by atoms with Gasteiger partial charge in [-0.2, -0.15) is 0 Å². The molecule has 0 amide bonds. The van der Waals surface area contributed by atoms with E-state index in [1.165, 1.54) is 0 Å². The molecule has 0 aromatic heterocycles. The van der Waals surface area contributed by atoms with Crippen LogP contribution in [0.15, 0.2) is 0 Å². The van der Waals surface area contributed by atoms with E-state index in [0.717, 1.165) is 44.9 Å². The molecule has 5 heteroatoms. The van der Waals surface area contributed by atoms with Crippen LogP contribution in [0.25, 0.3) is 0 Å². The third kappa shape index (κ3) is 2.61. The van der Waals surface area contributed by atoms with E-state index in [9.17, 15) is 14.4 Å². The average Bonchev–Trinajstić information content (AvgIpc) is 3.35. The summed E-state index contributed by atoms with van der Waals surface area (Å²) in [6.07, 6.45) is 6.92. The fourth-order valence-corrected chi connectivity index (χ4v) is 6.55. The zero-order valence-electron chi connectivity index (χ0n) is 16.0. The second kappa shape index (κ2) is 6.35. The first-order valence-corrected chi connectivity index (χ1v) is 10.4. The Hall–Kier alpha value is -1.39. The summed E-state index contributed by atoms with van der Waals surface area (Å²) in [5.74, 6) is -0.517. The molecule has 0 aromatic rings. The molecular formula is C21H30O5. The van der Waals surface area contributed by atoms with Crippen molar-refractivity contribution in [3.63, 3.8) is 0 Å². The van der Waals surface area contributed by atoms with Gasteiger partial charge in [-0.05, 0) is 68.6 Å². The van der Waals surface area contributed by atoms with Gasteiger partial charge < -0.3 is 9.47 Å². The summed E-state index contributed by atoms with van der Waals surface area (Å²) < 4.78 is 10.9. The molecule has 3 aliphatic carbocycles. The highest BCUT2D eigenvalue weighted by Gasteiger charge is 2.60. The van der Waals surface area contributed by atoms with Gasteiger partial charge in [0.25, 0.3) is 0 Å². The molecule has 7 atom stereocenters. The Bertz CT molecular complexity index is 618. The van der Waals surface area contributed by atoms with Gasteiger partial charge in [-0.1, -0.05) is 20.8 Å². The molecule has 1 saturated heterocycles. The summed E-state index contributed by atoms with van der Waals surface area (Å²) in [6.45, 7) is 6.05. The zero-order chi connectivity index (χ0) is 18.6. The van der Waals surface area contributed by atoms with Gasteiger partial charge in [0.2, 0.25) is 0 Å². The van der Waals surface area contributed by atoms with Crippen LogP contribution in [-0.2, 0) is 23.9 Å². The standard InChI is InChI=1S/C21H30O5/c1-4-21(7-5-6-8-21)26-19(23)15-10-13-9-14(15)11(2)16(13)17-12(3)18(22)25-20(17)24/h11-17H,4-10H2,1-3H3. The fourth-order valence-electron chi connectivity index (χ4n) is 6.55. The average molecular weight is 362 g/mol. The lowest BCUT2D eigenvalue weighted by Crippen LogP contribution is -2.41. The molecule has 2 bridgehead atoms. The van der Waals surface area contributed by atoms with Crippen LogP contribution < -0.4 is 0 Å². The van der Waals surface area contributed by atoms with Crippen LogP contribution in [-0.4, -0.2) is 23.5 Å². The highest BCUT2D eigenvalue weighted by atomic mass is 16.6. The van der Waals surface area contributed by atoms with E-state index >= 15 is 0 Å². The Kier molecular flexibility index (Phi) is 4.39. The molecule has 144 valence electrons. The van der Waals surface area contributed by atoms with Crippen molar-refractivity contribution in [2.75, 3.05) is 0 Å². The quantitative estimate of drug-likeness (QED) is 0.565. The third-order valence-corrected chi connectivity index (χ3v) is 8.05. The molecule has 0 radical (unpaired) electrons. The molecule has 1 heterocycles. The maximum atomic E-state index is 12.9. The number of cyclic esters (lactones) is 2. The third-order valence-electron chi connectivity index (χ3n) is 8.05. The van der Waals surface area contributed by atoms with Crippen molar-refractivity contribution in [2.45, 2.75) is 71.3 Å². The molecule has 5 nitrogen and oxygen atoms in total. The summed E-state index contributed by atoms with van der Waals surface area (Å²) in [5, 5.41) is 0. The van der Waals surface area contributed by atoms with Crippen molar-refractivity contribution < 1.29 is 23.9 Å². The van der Waals surface area contributed by atoms with Gasteiger partial charge in [0.05, 0.1) is 17.8 Å². The summed E-state index contributed by atoms with van der Waals surface area (Å²) in [5.41, 5.74) is -0.238. The molecule has 0 spiro atoms. The minimum Gasteiger partial charge on any atom is -0.459 e. The van der Waals surface area contributed by atoms with Crippen molar-refractivity contribution in [3.05, 3.63) is 0 Å². The molecule has 1 aliphatic heterocycles. The maximum Gasteiger partial charge on any atom is 0.317 e. The lowest BCUT2D eigenvalue weighted by molar-refractivity contribution is -0.168. The van der Waals surface area contributed by atoms with E-state index in [1.807, 2.05) is 0 Å².